The first-order chi connectivity index (χ1) is 9.57. The lowest BCUT2D eigenvalue weighted by atomic mass is 9.94. The van der Waals surface area contributed by atoms with Gasteiger partial charge in [-0.15, -0.1) is 0 Å². The first-order valence-corrected chi connectivity index (χ1v) is 6.63. The highest BCUT2D eigenvalue weighted by Crippen LogP contribution is 2.21. The van der Waals surface area contributed by atoms with E-state index in [-0.39, 0.29) is 18.4 Å². The fraction of sp³-hybridized carbons (Fsp3) is 0.615. The predicted molar refractivity (Wildman–Crippen MR) is 73.2 cm³/mol. The molecule has 0 unspecified atom stereocenters. The van der Waals surface area contributed by atoms with Crippen LogP contribution in [0.15, 0.2) is 18.5 Å². The van der Waals surface area contributed by atoms with Crippen molar-refractivity contribution in [2.75, 3.05) is 38.7 Å². The molecule has 0 saturated carbocycles. The molecule has 0 aromatic carbocycles. The van der Waals surface area contributed by atoms with Crippen molar-refractivity contribution in [1.29, 1.82) is 0 Å². The Balaban J connectivity index is 1.79. The highest BCUT2D eigenvalue weighted by Gasteiger charge is 2.31. The van der Waals surface area contributed by atoms with Gasteiger partial charge in [-0.25, -0.2) is 9.97 Å². The van der Waals surface area contributed by atoms with Crippen LogP contribution < -0.4 is 5.32 Å². The molecule has 0 atom stereocenters. The molecular formula is C13H20N4O3. The maximum atomic E-state index is 11.8. The SMILES string of the molecule is CN(CC(=O)Nc1ncccn1)CC1(O)CCOCC1. The van der Waals surface area contributed by atoms with Gasteiger partial charge in [0.2, 0.25) is 11.9 Å². The second-order valence-corrected chi connectivity index (χ2v) is 5.13. The molecule has 20 heavy (non-hydrogen) atoms. The van der Waals surface area contributed by atoms with Crippen molar-refractivity contribution in [3.63, 3.8) is 0 Å². The van der Waals surface area contributed by atoms with Crippen molar-refractivity contribution in [3.05, 3.63) is 18.5 Å². The molecule has 2 N–H and O–H groups in total. The minimum atomic E-state index is -0.767. The Morgan fingerprint density at radius 2 is 2.10 bits per heavy atom. The molecule has 7 nitrogen and oxygen atoms in total. The van der Waals surface area contributed by atoms with Crippen LogP contribution >= 0.6 is 0 Å². The molecule has 1 fully saturated rings. The summed E-state index contributed by atoms with van der Waals surface area (Å²) in [5.74, 6) is 0.0880. The van der Waals surface area contributed by atoms with Crippen molar-refractivity contribution in [2.24, 2.45) is 0 Å². The van der Waals surface area contributed by atoms with E-state index in [9.17, 15) is 9.90 Å². The molecule has 2 rings (SSSR count). The van der Waals surface area contributed by atoms with Crippen LogP contribution in [0.5, 0.6) is 0 Å². The molecule has 0 aliphatic carbocycles. The zero-order valence-electron chi connectivity index (χ0n) is 11.6. The van der Waals surface area contributed by atoms with Crippen LogP contribution in [-0.4, -0.2) is 64.8 Å². The van der Waals surface area contributed by atoms with E-state index in [0.717, 1.165) is 0 Å². The van der Waals surface area contributed by atoms with Gasteiger partial charge in [-0.2, -0.15) is 0 Å². The van der Waals surface area contributed by atoms with Gasteiger partial charge in [-0.3, -0.25) is 15.0 Å². The largest absolute Gasteiger partial charge is 0.388 e. The second-order valence-electron chi connectivity index (χ2n) is 5.13. The van der Waals surface area contributed by atoms with Gasteiger partial charge >= 0.3 is 0 Å². The summed E-state index contributed by atoms with van der Waals surface area (Å²) in [6, 6.07) is 1.68. The Morgan fingerprint density at radius 1 is 1.45 bits per heavy atom. The lowest BCUT2D eigenvalue weighted by Crippen LogP contribution is -2.47. The van der Waals surface area contributed by atoms with E-state index >= 15 is 0 Å². The van der Waals surface area contributed by atoms with E-state index in [1.165, 1.54) is 0 Å². The number of ether oxygens (including phenoxy) is 1. The molecule has 0 bridgehead atoms. The number of aliphatic hydroxyl groups is 1. The summed E-state index contributed by atoms with van der Waals surface area (Å²) >= 11 is 0. The summed E-state index contributed by atoms with van der Waals surface area (Å²) < 4.78 is 5.23. The molecule has 2 heterocycles. The number of hydrogen-bond acceptors (Lipinski definition) is 6. The zero-order chi connectivity index (χ0) is 14.4. The topological polar surface area (TPSA) is 87.6 Å². The van der Waals surface area contributed by atoms with Crippen LogP contribution in [0.4, 0.5) is 5.95 Å². The third-order valence-corrected chi connectivity index (χ3v) is 3.22. The van der Waals surface area contributed by atoms with Crippen molar-refractivity contribution < 1.29 is 14.6 Å². The van der Waals surface area contributed by atoms with Crippen molar-refractivity contribution >= 4 is 11.9 Å². The van der Waals surface area contributed by atoms with Gasteiger partial charge in [0.1, 0.15) is 0 Å². The molecule has 1 aromatic rings. The van der Waals surface area contributed by atoms with Crippen LogP contribution in [0.3, 0.4) is 0 Å². The third kappa shape index (κ3) is 4.52. The normalized spacial score (nSPS) is 17.9. The molecule has 110 valence electrons. The van der Waals surface area contributed by atoms with E-state index in [2.05, 4.69) is 15.3 Å². The summed E-state index contributed by atoms with van der Waals surface area (Å²) in [6.45, 7) is 1.75. The Bertz CT molecular complexity index is 435. The zero-order valence-corrected chi connectivity index (χ0v) is 11.6. The maximum absolute atomic E-state index is 11.8. The predicted octanol–water partition coefficient (Wildman–Crippen LogP) is -0.112. The molecule has 1 aliphatic heterocycles. The number of anilines is 1. The molecule has 1 aromatic heterocycles. The minimum Gasteiger partial charge on any atom is -0.388 e. The highest BCUT2D eigenvalue weighted by molar-refractivity contribution is 5.90. The smallest absolute Gasteiger partial charge is 0.240 e. The average Bonchev–Trinajstić information content (AvgIpc) is 2.39. The summed E-state index contributed by atoms with van der Waals surface area (Å²) in [7, 11) is 1.80. The van der Waals surface area contributed by atoms with Crippen LogP contribution in [0.25, 0.3) is 0 Å². The van der Waals surface area contributed by atoms with Crippen LogP contribution in [0.2, 0.25) is 0 Å². The lowest BCUT2D eigenvalue weighted by molar-refractivity contribution is -0.118. The number of nitrogens with one attached hydrogen (secondary N) is 1. The average molecular weight is 280 g/mol. The molecule has 7 heteroatoms. The van der Waals surface area contributed by atoms with E-state index in [0.29, 0.717) is 32.6 Å². The van der Waals surface area contributed by atoms with Gasteiger partial charge < -0.3 is 9.84 Å². The molecule has 1 aliphatic rings. The fourth-order valence-electron chi connectivity index (χ4n) is 2.24. The number of hydrogen-bond donors (Lipinski definition) is 2. The van der Waals surface area contributed by atoms with E-state index in [1.807, 2.05) is 0 Å². The highest BCUT2D eigenvalue weighted by atomic mass is 16.5. The van der Waals surface area contributed by atoms with Gasteiger partial charge in [0, 0.05) is 45.0 Å². The molecular weight excluding hydrogens is 260 g/mol. The first kappa shape index (κ1) is 14.8. The molecule has 0 spiro atoms. The van der Waals surface area contributed by atoms with Crippen molar-refractivity contribution in [1.82, 2.24) is 14.9 Å². The Hall–Kier alpha value is -1.57. The maximum Gasteiger partial charge on any atom is 0.240 e. The monoisotopic (exact) mass is 280 g/mol. The van der Waals surface area contributed by atoms with E-state index in [1.54, 1.807) is 30.4 Å². The number of carbonyl (C=O) groups excluding carboxylic acids is 1. The Labute approximate surface area is 118 Å². The van der Waals surface area contributed by atoms with Gasteiger partial charge in [-0.1, -0.05) is 0 Å². The number of amides is 1. The lowest BCUT2D eigenvalue weighted by Gasteiger charge is -2.35. The number of nitrogens with zero attached hydrogens (tertiary/aromatic N) is 3. The first-order valence-electron chi connectivity index (χ1n) is 6.63. The van der Waals surface area contributed by atoms with Gasteiger partial charge in [0.25, 0.3) is 0 Å². The number of aromatic nitrogens is 2. The molecule has 0 radical (unpaired) electrons. The van der Waals surface area contributed by atoms with Crippen molar-refractivity contribution in [3.8, 4) is 0 Å². The number of likely N-dealkylation sites (N-methyl/N-ethyl adjacent to an activating group) is 1. The molecule has 1 amide bonds. The summed E-state index contributed by atoms with van der Waals surface area (Å²) in [6.07, 6.45) is 4.33. The standard InChI is InChI=1S/C13H20N4O3/c1-17(10-13(19)3-7-20-8-4-13)9-11(18)16-12-14-5-2-6-15-12/h2,5-6,19H,3-4,7-10H2,1H3,(H,14,15,16,18). The number of rotatable bonds is 5. The quantitative estimate of drug-likeness (QED) is 0.782. The van der Waals surface area contributed by atoms with E-state index in [4.69, 9.17) is 4.74 Å². The minimum absolute atomic E-state index is 0.182. The summed E-state index contributed by atoms with van der Waals surface area (Å²) in [5.41, 5.74) is -0.767. The van der Waals surface area contributed by atoms with Gasteiger partial charge in [0.15, 0.2) is 0 Å². The van der Waals surface area contributed by atoms with Gasteiger partial charge in [-0.05, 0) is 13.1 Å². The van der Waals surface area contributed by atoms with E-state index < -0.39 is 5.60 Å². The third-order valence-electron chi connectivity index (χ3n) is 3.22. The molecule has 1 saturated heterocycles. The Morgan fingerprint density at radius 3 is 2.75 bits per heavy atom. The second kappa shape index (κ2) is 6.74. The van der Waals surface area contributed by atoms with Crippen LogP contribution in [-0.2, 0) is 9.53 Å². The van der Waals surface area contributed by atoms with Crippen LogP contribution in [0, 0.1) is 0 Å². The summed E-state index contributed by atoms with van der Waals surface area (Å²) in [4.78, 5) is 21.5. The van der Waals surface area contributed by atoms with Gasteiger partial charge in [0.05, 0.1) is 12.1 Å². The fourth-order valence-corrected chi connectivity index (χ4v) is 2.24. The Kier molecular flexibility index (Phi) is 4.99. The van der Waals surface area contributed by atoms with Crippen molar-refractivity contribution in [2.45, 2.75) is 18.4 Å². The summed E-state index contributed by atoms with van der Waals surface area (Å²) in [5, 5.41) is 13.0. The number of carbonyl (C=O) groups is 1. The van der Waals surface area contributed by atoms with Crippen LogP contribution in [0.1, 0.15) is 12.8 Å².